The van der Waals surface area contributed by atoms with E-state index in [0.717, 1.165) is 16.3 Å². The van der Waals surface area contributed by atoms with Gasteiger partial charge in [-0.25, -0.2) is 4.79 Å². The van der Waals surface area contributed by atoms with Crippen molar-refractivity contribution in [2.24, 2.45) is 0 Å². The summed E-state index contributed by atoms with van der Waals surface area (Å²) in [5.74, 6) is -0.334. The van der Waals surface area contributed by atoms with Gasteiger partial charge in [-0.15, -0.1) is 0 Å². The molecule has 2 aromatic carbocycles. The van der Waals surface area contributed by atoms with Crippen LogP contribution in [0.2, 0.25) is 0 Å². The largest absolute Gasteiger partial charge is 0.465 e. The Kier molecular flexibility index (Phi) is 2.52. The van der Waals surface area contributed by atoms with E-state index in [0.29, 0.717) is 11.3 Å². The molecule has 0 saturated carbocycles. The molecule has 0 fully saturated rings. The molecule has 0 unspecified atom stereocenters. The zero-order valence-electron chi connectivity index (χ0n) is 9.28. The lowest BCUT2D eigenvalue weighted by Gasteiger charge is -2.10. The average molecular weight is 215 g/mol. The molecule has 0 heterocycles. The first-order chi connectivity index (χ1) is 7.65. The summed E-state index contributed by atoms with van der Waals surface area (Å²) in [5, 5.41) is 1.72. The SMILES string of the molecule is COC(=O)c1cc(C)c(N)c2ccccc12. The number of methoxy groups -OCH3 is 1. The maximum absolute atomic E-state index is 11.6. The highest BCUT2D eigenvalue weighted by atomic mass is 16.5. The van der Waals surface area contributed by atoms with Gasteiger partial charge in [-0.3, -0.25) is 0 Å². The highest BCUT2D eigenvalue weighted by Crippen LogP contribution is 2.28. The number of carbonyl (C=O) groups excluding carboxylic acids is 1. The Balaban J connectivity index is 2.85. The van der Waals surface area contributed by atoms with E-state index in [1.165, 1.54) is 7.11 Å². The lowest BCUT2D eigenvalue weighted by Crippen LogP contribution is -2.04. The van der Waals surface area contributed by atoms with Gasteiger partial charge >= 0.3 is 5.97 Å². The molecule has 0 saturated heterocycles. The van der Waals surface area contributed by atoms with Crippen LogP contribution in [0.15, 0.2) is 30.3 Å². The Labute approximate surface area is 93.8 Å². The van der Waals surface area contributed by atoms with E-state index in [2.05, 4.69) is 0 Å². The molecular formula is C13H13NO2. The summed E-state index contributed by atoms with van der Waals surface area (Å²) in [6.07, 6.45) is 0. The van der Waals surface area contributed by atoms with Crippen molar-refractivity contribution in [3.05, 3.63) is 41.5 Å². The minimum atomic E-state index is -0.334. The second-order valence-electron chi connectivity index (χ2n) is 3.69. The summed E-state index contributed by atoms with van der Waals surface area (Å²) in [7, 11) is 1.38. The van der Waals surface area contributed by atoms with Crippen LogP contribution in [-0.2, 0) is 4.74 Å². The normalized spacial score (nSPS) is 10.4. The second-order valence-corrected chi connectivity index (χ2v) is 3.69. The zero-order valence-corrected chi connectivity index (χ0v) is 9.28. The number of anilines is 1. The fraction of sp³-hybridized carbons (Fsp3) is 0.154. The van der Waals surface area contributed by atoms with Gasteiger partial charge in [0.05, 0.1) is 12.7 Å². The first-order valence-corrected chi connectivity index (χ1v) is 5.01. The van der Waals surface area contributed by atoms with Crippen LogP contribution >= 0.6 is 0 Å². The van der Waals surface area contributed by atoms with Crippen LogP contribution in [0.1, 0.15) is 15.9 Å². The van der Waals surface area contributed by atoms with Crippen LogP contribution in [0.3, 0.4) is 0 Å². The lowest BCUT2D eigenvalue weighted by atomic mass is 9.99. The Morgan fingerprint density at radius 1 is 1.25 bits per heavy atom. The van der Waals surface area contributed by atoms with E-state index in [-0.39, 0.29) is 5.97 Å². The third-order valence-electron chi connectivity index (χ3n) is 2.70. The van der Waals surface area contributed by atoms with E-state index in [1.54, 1.807) is 6.07 Å². The highest BCUT2D eigenvalue weighted by Gasteiger charge is 2.13. The molecule has 2 rings (SSSR count). The Bertz CT molecular complexity index is 561. The van der Waals surface area contributed by atoms with Gasteiger partial charge in [0.25, 0.3) is 0 Å². The van der Waals surface area contributed by atoms with Crippen LogP contribution in [0, 0.1) is 6.92 Å². The lowest BCUT2D eigenvalue weighted by molar-refractivity contribution is 0.0603. The predicted octanol–water partition coefficient (Wildman–Crippen LogP) is 2.52. The molecule has 3 heteroatoms. The highest BCUT2D eigenvalue weighted by molar-refractivity contribution is 6.08. The van der Waals surface area contributed by atoms with E-state index >= 15 is 0 Å². The molecule has 0 spiro atoms. The van der Waals surface area contributed by atoms with Gasteiger partial charge in [-0.05, 0) is 23.9 Å². The molecule has 0 bridgehead atoms. The van der Waals surface area contributed by atoms with Crippen LogP contribution in [-0.4, -0.2) is 13.1 Å². The maximum atomic E-state index is 11.6. The number of aryl methyl sites for hydroxylation is 1. The van der Waals surface area contributed by atoms with Crippen LogP contribution in [0.25, 0.3) is 10.8 Å². The van der Waals surface area contributed by atoms with Crippen molar-refractivity contribution in [2.45, 2.75) is 6.92 Å². The number of nitrogens with two attached hydrogens (primary N) is 1. The van der Waals surface area contributed by atoms with Gasteiger partial charge in [0.1, 0.15) is 0 Å². The molecule has 0 aliphatic rings. The molecule has 0 radical (unpaired) electrons. The summed E-state index contributed by atoms with van der Waals surface area (Å²) < 4.78 is 4.76. The van der Waals surface area contributed by atoms with Crippen molar-refractivity contribution in [2.75, 3.05) is 12.8 Å². The van der Waals surface area contributed by atoms with Gasteiger partial charge in [0.15, 0.2) is 0 Å². The quantitative estimate of drug-likeness (QED) is 0.587. The summed E-state index contributed by atoms with van der Waals surface area (Å²) in [6, 6.07) is 9.33. The van der Waals surface area contributed by atoms with Crippen LogP contribution in [0.4, 0.5) is 5.69 Å². The molecule has 16 heavy (non-hydrogen) atoms. The van der Waals surface area contributed by atoms with E-state index in [9.17, 15) is 4.79 Å². The molecule has 3 nitrogen and oxygen atoms in total. The number of hydrogen-bond acceptors (Lipinski definition) is 3. The van der Waals surface area contributed by atoms with E-state index in [1.807, 2.05) is 31.2 Å². The van der Waals surface area contributed by atoms with Gasteiger partial charge in [-0.1, -0.05) is 24.3 Å². The number of nitrogen functional groups attached to an aromatic ring is 1. The van der Waals surface area contributed by atoms with Crippen molar-refractivity contribution in [3.63, 3.8) is 0 Å². The smallest absolute Gasteiger partial charge is 0.338 e. The summed E-state index contributed by atoms with van der Waals surface area (Å²) in [6.45, 7) is 1.88. The van der Waals surface area contributed by atoms with Gasteiger partial charge in [0.2, 0.25) is 0 Å². The van der Waals surface area contributed by atoms with Crippen molar-refractivity contribution in [1.29, 1.82) is 0 Å². The molecule has 82 valence electrons. The number of carbonyl (C=O) groups is 1. The third kappa shape index (κ3) is 1.50. The Hall–Kier alpha value is -2.03. The zero-order chi connectivity index (χ0) is 11.7. The average Bonchev–Trinajstić information content (AvgIpc) is 2.33. The van der Waals surface area contributed by atoms with Crippen molar-refractivity contribution < 1.29 is 9.53 Å². The maximum Gasteiger partial charge on any atom is 0.338 e. The minimum Gasteiger partial charge on any atom is -0.465 e. The molecule has 0 aromatic heterocycles. The topological polar surface area (TPSA) is 52.3 Å². The van der Waals surface area contributed by atoms with Gasteiger partial charge < -0.3 is 10.5 Å². The number of ether oxygens (including phenoxy) is 1. The van der Waals surface area contributed by atoms with Crippen LogP contribution in [0.5, 0.6) is 0 Å². The predicted molar refractivity (Wildman–Crippen MR) is 64.4 cm³/mol. The van der Waals surface area contributed by atoms with Gasteiger partial charge in [0, 0.05) is 11.1 Å². The monoisotopic (exact) mass is 215 g/mol. The summed E-state index contributed by atoms with van der Waals surface area (Å²) >= 11 is 0. The van der Waals surface area contributed by atoms with Gasteiger partial charge in [-0.2, -0.15) is 0 Å². The third-order valence-corrected chi connectivity index (χ3v) is 2.70. The van der Waals surface area contributed by atoms with E-state index < -0.39 is 0 Å². The number of hydrogen-bond donors (Lipinski definition) is 1. The van der Waals surface area contributed by atoms with E-state index in [4.69, 9.17) is 10.5 Å². The minimum absolute atomic E-state index is 0.334. The molecule has 2 N–H and O–H groups in total. The summed E-state index contributed by atoms with van der Waals surface area (Å²) in [5.41, 5.74) is 8.14. The standard InChI is InChI=1S/C13H13NO2/c1-8-7-11(13(15)16-2)9-5-3-4-6-10(9)12(8)14/h3-7H,14H2,1-2H3. The Morgan fingerprint density at radius 2 is 1.88 bits per heavy atom. The van der Waals surface area contributed by atoms with Crippen molar-refractivity contribution in [1.82, 2.24) is 0 Å². The number of esters is 1. The van der Waals surface area contributed by atoms with Crippen molar-refractivity contribution >= 4 is 22.4 Å². The fourth-order valence-electron chi connectivity index (χ4n) is 1.82. The first kappa shape index (κ1) is 10.5. The first-order valence-electron chi connectivity index (χ1n) is 5.01. The molecule has 0 aliphatic carbocycles. The molecule has 0 amide bonds. The molecule has 2 aromatic rings. The van der Waals surface area contributed by atoms with Crippen LogP contribution < -0.4 is 5.73 Å². The number of rotatable bonds is 1. The number of benzene rings is 2. The Morgan fingerprint density at radius 3 is 2.50 bits per heavy atom. The summed E-state index contributed by atoms with van der Waals surface area (Å²) in [4.78, 5) is 11.6. The molecular weight excluding hydrogens is 202 g/mol. The second kappa shape index (κ2) is 3.85. The fourth-order valence-corrected chi connectivity index (χ4v) is 1.82. The van der Waals surface area contributed by atoms with Crippen molar-refractivity contribution in [3.8, 4) is 0 Å². The molecule has 0 atom stereocenters. The molecule has 0 aliphatic heterocycles. The number of fused-ring (bicyclic) bond motifs is 1.